The number of fused-ring (bicyclic) bond motifs is 1. The van der Waals surface area contributed by atoms with E-state index in [2.05, 4.69) is 10.1 Å². The fraction of sp³-hybridized carbons (Fsp3) is 0.0500. The van der Waals surface area contributed by atoms with Gasteiger partial charge in [-0.25, -0.2) is 13.9 Å². The van der Waals surface area contributed by atoms with Crippen LogP contribution in [0.3, 0.4) is 0 Å². The van der Waals surface area contributed by atoms with Crippen molar-refractivity contribution in [1.29, 1.82) is 0 Å². The quantitative estimate of drug-likeness (QED) is 0.573. The van der Waals surface area contributed by atoms with Crippen molar-refractivity contribution < 1.29 is 14.3 Å². The molecule has 0 radical (unpaired) electrons. The Morgan fingerprint density at radius 3 is 2.77 bits per heavy atom. The first-order valence-electron chi connectivity index (χ1n) is 7.97. The molecule has 26 heavy (non-hydrogen) atoms. The van der Waals surface area contributed by atoms with E-state index in [0.717, 1.165) is 35.0 Å². The number of carbonyl (C=O) groups excluding carboxylic acids is 1. The molecule has 0 bridgehead atoms. The summed E-state index contributed by atoms with van der Waals surface area (Å²) in [4.78, 5) is 16.8. The Hall–Kier alpha value is -3.54. The van der Waals surface area contributed by atoms with E-state index in [0.29, 0.717) is 5.65 Å². The lowest BCUT2D eigenvalue weighted by Crippen LogP contribution is -2.05. The minimum atomic E-state index is -0.596. The largest absolute Gasteiger partial charge is 0.507 e. The Labute approximate surface area is 148 Å². The molecule has 6 heteroatoms. The van der Waals surface area contributed by atoms with Crippen LogP contribution in [0, 0.1) is 12.7 Å². The Morgan fingerprint density at radius 2 is 1.96 bits per heavy atom. The van der Waals surface area contributed by atoms with Crippen LogP contribution in [0.2, 0.25) is 0 Å². The molecule has 4 rings (SSSR count). The van der Waals surface area contributed by atoms with Crippen molar-refractivity contribution in [2.45, 2.75) is 6.92 Å². The molecule has 0 amide bonds. The predicted octanol–water partition coefficient (Wildman–Crippen LogP) is 3.78. The van der Waals surface area contributed by atoms with E-state index in [1.54, 1.807) is 0 Å². The van der Waals surface area contributed by atoms with Crippen molar-refractivity contribution in [2.75, 3.05) is 0 Å². The van der Waals surface area contributed by atoms with E-state index in [1.807, 2.05) is 37.3 Å². The van der Waals surface area contributed by atoms with E-state index in [-0.39, 0.29) is 16.9 Å². The minimum absolute atomic E-state index is 0.113. The van der Waals surface area contributed by atoms with Crippen LogP contribution in [0.25, 0.3) is 16.9 Å². The summed E-state index contributed by atoms with van der Waals surface area (Å²) in [6, 6.07) is 12.9. The number of phenols is 1. The van der Waals surface area contributed by atoms with Gasteiger partial charge in [0, 0.05) is 24.0 Å². The number of ketones is 1. The van der Waals surface area contributed by atoms with Gasteiger partial charge in [0.1, 0.15) is 11.6 Å². The summed E-state index contributed by atoms with van der Waals surface area (Å²) in [5.41, 5.74) is 3.48. The van der Waals surface area contributed by atoms with Crippen molar-refractivity contribution >= 4 is 11.4 Å². The van der Waals surface area contributed by atoms with Gasteiger partial charge in [-0.2, -0.15) is 5.10 Å². The van der Waals surface area contributed by atoms with Gasteiger partial charge in [0.05, 0.1) is 16.8 Å². The SMILES string of the molecule is Cc1ccccc1-c1cc2ncc(C(=O)c3cc(F)ccc3O)cn2n1. The number of aryl methyl sites for hydroxylation is 1. The second-order valence-corrected chi connectivity index (χ2v) is 5.98. The number of nitrogens with zero attached hydrogens (tertiary/aromatic N) is 3. The highest BCUT2D eigenvalue weighted by molar-refractivity contribution is 6.10. The van der Waals surface area contributed by atoms with Gasteiger partial charge in [-0.15, -0.1) is 0 Å². The highest BCUT2D eigenvalue weighted by Gasteiger charge is 2.17. The Kier molecular flexibility index (Phi) is 3.73. The molecular formula is C20H14FN3O2. The second kappa shape index (κ2) is 6.07. The number of hydrogen-bond acceptors (Lipinski definition) is 4. The van der Waals surface area contributed by atoms with Crippen LogP contribution < -0.4 is 0 Å². The standard InChI is InChI=1S/C20H14FN3O2/c1-12-4-2-3-5-15(12)17-9-19-22-10-13(11-24(19)23-17)20(26)16-8-14(21)6-7-18(16)25/h2-11,25H,1H3. The van der Waals surface area contributed by atoms with Crippen molar-refractivity contribution in [2.24, 2.45) is 0 Å². The Bertz CT molecular complexity index is 1150. The molecule has 128 valence electrons. The zero-order valence-corrected chi connectivity index (χ0v) is 13.8. The van der Waals surface area contributed by atoms with Gasteiger partial charge in [0.25, 0.3) is 0 Å². The first-order chi connectivity index (χ1) is 12.5. The lowest BCUT2D eigenvalue weighted by Gasteiger charge is -2.04. The number of phenolic OH excluding ortho intramolecular Hbond substituents is 1. The zero-order valence-electron chi connectivity index (χ0n) is 13.8. The van der Waals surface area contributed by atoms with E-state index < -0.39 is 11.6 Å². The van der Waals surface area contributed by atoms with Gasteiger partial charge < -0.3 is 5.11 Å². The van der Waals surface area contributed by atoms with E-state index in [9.17, 15) is 14.3 Å². The van der Waals surface area contributed by atoms with Gasteiger partial charge in [-0.3, -0.25) is 4.79 Å². The highest BCUT2D eigenvalue weighted by Crippen LogP contribution is 2.24. The maximum absolute atomic E-state index is 13.4. The molecule has 0 spiro atoms. The van der Waals surface area contributed by atoms with Crippen LogP contribution >= 0.6 is 0 Å². The Morgan fingerprint density at radius 1 is 1.15 bits per heavy atom. The van der Waals surface area contributed by atoms with Crippen LogP contribution in [0.1, 0.15) is 21.5 Å². The van der Waals surface area contributed by atoms with Crippen molar-refractivity contribution in [3.63, 3.8) is 0 Å². The van der Waals surface area contributed by atoms with Crippen LogP contribution in [-0.4, -0.2) is 25.5 Å². The van der Waals surface area contributed by atoms with Gasteiger partial charge in [-0.1, -0.05) is 24.3 Å². The first kappa shape index (κ1) is 16.0. The first-order valence-corrected chi connectivity index (χ1v) is 7.97. The number of halogens is 1. The molecule has 0 aliphatic heterocycles. The van der Waals surface area contributed by atoms with Gasteiger partial charge >= 0.3 is 0 Å². The fourth-order valence-electron chi connectivity index (χ4n) is 2.83. The maximum Gasteiger partial charge on any atom is 0.199 e. The molecule has 0 saturated heterocycles. The molecular weight excluding hydrogens is 333 g/mol. The molecule has 2 aromatic heterocycles. The average Bonchev–Trinajstić information content (AvgIpc) is 3.06. The van der Waals surface area contributed by atoms with E-state index >= 15 is 0 Å². The highest BCUT2D eigenvalue weighted by atomic mass is 19.1. The predicted molar refractivity (Wildman–Crippen MR) is 94.7 cm³/mol. The smallest absolute Gasteiger partial charge is 0.199 e. The van der Waals surface area contributed by atoms with Gasteiger partial charge in [0.15, 0.2) is 11.4 Å². The van der Waals surface area contributed by atoms with Gasteiger partial charge in [0.2, 0.25) is 0 Å². The third-order valence-electron chi connectivity index (χ3n) is 4.20. The normalized spacial score (nSPS) is 11.0. The molecule has 1 N–H and O–H groups in total. The molecule has 2 aromatic carbocycles. The third-order valence-corrected chi connectivity index (χ3v) is 4.20. The number of benzene rings is 2. The number of hydrogen-bond donors (Lipinski definition) is 1. The summed E-state index contributed by atoms with van der Waals surface area (Å²) in [5.74, 6) is -1.40. The van der Waals surface area contributed by atoms with Crippen molar-refractivity contribution in [3.05, 3.63) is 83.4 Å². The van der Waals surface area contributed by atoms with Crippen LogP contribution in [0.15, 0.2) is 60.9 Å². The average molecular weight is 347 g/mol. The summed E-state index contributed by atoms with van der Waals surface area (Å²) < 4.78 is 14.9. The van der Waals surface area contributed by atoms with Crippen molar-refractivity contribution in [3.8, 4) is 17.0 Å². The lowest BCUT2D eigenvalue weighted by molar-refractivity contribution is 0.103. The fourth-order valence-corrected chi connectivity index (χ4v) is 2.83. The third kappa shape index (κ3) is 2.71. The van der Waals surface area contributed by atoms with Crippen LogP contribution in [-0.2, 0) is 0 Å². The van der Waals surface area contributed by atoms with Crippen LogP contribution in [0.4, 0.5) is 4.39 Å². The molecule has 0 aliphatic rings. The molecule has 0 atom stereocenters. The van der Waals surface area contributed by atoms with Gasteiger partial charge in [-0.05, 0) is 30.7 Å². The molecule has 2 heterocycles. The zero-order chi connectivity index (χ0) is 18.3. The number of rotatable bonds is 3. The topological polar surface area (TPSA) is 67.5 Å². The summed E-state index contributed by atoms with van der Waals surface area (Å²) in [7, 11) is 0. The summed E-state index contributed by atoms with van der Waals surface area (Å²) in [5, 5.41) is 14.3. The molecule has 5 nitrogen and oxygen atoms in total. The number of aromatic nitrogens is 3. The lowest BCUT2D eigenvalue weighted by atomic mass is 10.0. The minimum Gasteiger partial charge on any atom is -0.507 e. The summed E-state index contributed by atoms with van der Waals surface area (Å²) in [6.45, 7) is 1.99. The molecule has 4 aromatic rings. The number of aromatic hydroxyl groups is 1. The Balaban J connectivity index is 1.78. The molecule has 0 unspecified atom stereocenters. The molecule has 0 fully saturated rings. The molecule has 0 aliphatic carbocycles. The molecule has 0 saturated carbocycles. The van der Waals surface area contributed by atoms with Crippen molar-refractivity contribution in [1.82, 2.24) is 14.6 Å². The maximum atomic E-state index is 13.4. The summed E-state index contributed by atoms with van der Waals surface area (Å²) >= 11 is 0. The van der Waals surface area contributed by atoms with E-state index in [1.165, 1.54) is 16.9 Å². The number of carbonyl (C=O) groups is 1. The van der Waals surface area contributed by atoms with E-state index in [4.69, 9.17) is 0 Å². The van der Waals surface area contributed by atoms with Crippen LogP contribution in [0.5, 0.6) is 5.75 Å². The monoisotopic (exact) mass is 347 g/mol. The summed E-state index contributed by atoms with van der Waals surface area (Å²) in [6.07, 6.45) is 2.92. The second-order valence-electron chi connectivity index (χ2n) is 5.98.